The first-order chi connectivity index (χ1) is 5.33. The third-order valence-electron chi connectivity index (χ3n) is 1.09. The molecule has 0 spiro atoms. The summed E-state index contributed by atoms with van der Waals surface area (Å²) < 4.78 is 22.0. The van der Waals surface area contributed by atoms with Gasteiger partial charge in [-0.3, -0.25) is 4.79 Å². The summed E-state index contributed by atoms with van der Waals surface area (Å²) in [6.07, 6.45) is -0.338. The molecule has 0 saturated heterocycles. The van der Waals surface area contributed by atoms with Crippen LogP contribution in [0.25, 0.3) is 0 Å². The van der Waals surface area contributed by atoms with Crippen LogP contribution in [0.5, 0.6) is 0 Å². The lowest BCUT2D eigenvalue weighted by molar-refractivity contribution is -0.136. The Bertz CT molecular complexity index is 276. The minimum absolute atomic E-state index is 0.125. The van der Waals surface area contributed by atoms with E-state index in [0.29, 0.717) is 5.57 Å². The zero-order valence-electron chi connectivity index (χ0n) is 6.91. The van der Waals surface area contributed by atoms with Crippen molar-refractivity contribution in [3.63, 3.8) is 0 Å². The number of rotatable bonds is 5. The molecule has 1 N–H and O–H groups in total. The standard InChI is InChI=1S/C7H12O4S/c1-6(2)5-12(10,11)4-3-7(8)9/h1,3-5H2,2H3,(H,8,9). The van der Waals surface area contributed by atoms with Crippen LogP contribution in [0.15, 0.2) is 12.2 Å². The molecule has 0 atom stereocenters. The fraction of sp³-hybridized carbons (Fsp3) is 0.571. The summed E-state index contributed by atoms with van der Waals surface area (Å²) in [5.74, 6) is -1.53. The van der Waals surface area contributed by atoms with Crippen LogP contribution in [0, 0.1) is 0 Å². The van der Waals surface area contributed by atoms with Gasteiger partial charge in [0.05, 0.1) is 17.9 Å². The van der Waals surface area contributed by atoms with Gasteiger partial charge in [-0.05, 0) is 6.92 Å². The minimum Gasteiger partial charge on any atom is -0.481 e. The molecule has 12 heavy (non-hydrogen) atoms. The first-order valence-corrected chi connectivity index (χ1v) is 5.22. The average Bonchev–Trinajstić information content (AvgIpc) is 1.81. The van der Waals surface area contributed by atoms with Gasteiger partial charge in [-0.15, -0.1) is 0 Å². The highest BCUT2D eigenvalue weighted by Gasteiger charge is 2.12. The molecule has 0 fully saturated rings. The zero-order chi connectivity index (χ0) is 9.78. The molecule has 0 aliphatic heterocycles. The Morgan fingerprint density at radius 1 is 1.50 bits per heavy atom. The average molecular weight is 192 g/mol. The SMILES string of the molecule is C=C(C)CS(=O)(=O)CCC(=O)O. The number of carboxylic acid groups (broad SMARTS) is 1. The van der Waals surface area contributed by atoms with Crippen molar-refractivity contribution in [1.82, 2.24) is 0 Å². The molecular weight excluding hydrogens is 180 g/mol. The van der Waals surface area contributed by atoms with E-state index in [1.807, 2.05) is 0 Å². The van der Waals surface area contributed by atoms with Crippen LogP contribution >= 0.6 is 0 Å². The lowest BCUT2D eigenvalue weighted by atomic mass is 10.4. The van der Waals surface area contributed by atoms with E-state index in [1.54, 1.807) is 6.92 Å². The highest BCUT2D eigenvalue weighted by atomic mass is 32.2. The van der Waals surface area contributed by atoms with Gasteiger partial charge in [0, 0.05) is 0 Å². The Labute approximate surface area is 71.8 Å². The van der Waals surface area contributed by atoms with Gasteiger partial charge in [0.2, 0.25) is 0 Å². The van der Waals surface area contributed by atoms with E-state index < -0.39 is 15.8 Å². The van der Waals surface area contributed by atoms with Crippen molar-refractivity contribution in [2.45, 2.75) is 13.3 Å². The third-order valence-corrected chi connectivity index (χ3v) is 2.85. The highest BCUT2D eigenvalue weighted by Crippen LogP contribution is 1.99. The van der Waals surface area contributed by atoms with Crippen molar-refractivity contribution < 1.29 is 18.3 Å². The van der Waals surface area contributed by atoms with E-state index in [1.165, 1.54) is 0 Å². The maximum atomic E-state index is 11.0. The fourth-order valence-corrected chi connectivity index (χ4v) is 2.07. The van der Waals surface area contributed by atoms with Crippen LogP contribution in [0.1, 0.15) is 13.3 Å². The number of carbonyl (C=O) groups is 1. The lowest BCUT2D eigenvalue weighted by Crippen LogP contribution is -2.14. The summed E-state index contributed by atoms with van der Waals surface area (Å²) in [4.78, 5) is 10.0. The lowest BCUT2D eigenvalue weighted by Gasteiger charge is -2.00. The van der Waals surface area contributed by atoms with Crippen LogP contribution in [-0.2, 0) is 14.6 Å². The summed E-state index contributed by atoms with van der Waals surface area (Å²) >= 11 is 0. The summed E-state index contributed by atoms with van der Waals surface area (Å²) in [5, 5.41) is 8.22. The van der Waals surface area contributed by atoms with Gasteiger partial charge in [-0.25, -0.2) is 8.42 Å². The summed E-state index contributed by atoms with van der Waals surface area (Å²) in [5.41, 5.74) is 0.528. The molecule has 70 valence electrons. The zero-order valence-corrected chi connectivity index (χ0v) is 7.73. The Kier molecular flexibility index (Phi) is 3.95. The Hall–Kier alpha value is -0.840. The highest BCUT2D eigenvalue weighted by molar-refractivity contribution is 7.91. The summed E-state index contributed by atoms with van der Waals surface area (Å²) in [6.45, 7) is 5.04. The molecule has 5 heteroatoms. The van der Waals surface area contributed by atoms with E-state index >= 15 is 0 Å². The first-order valence-electron chi connectivity index (χ1n) is 3.40. The predicted molar refractivity (Wildman–Crippen MR) is 45.7 cm³/mol. The molecule has 0 bridgehead atoms. The maximum Gasteiger partial charge on any atom is 0.304 e. The molecule has 0 aromatic heterocycles. The Morgan fingerprint density at radius 2 is 2.00 bits per heavy atom. The van der Waals surface area contributed by atoms with Gasteiger partial charge in [-0.2, -0.15) is 0 Å². The van der Waals surface area contributed by atoms with E-state index in [-0.39, 0.29) is 17.9 Å². The van der Waals surface area contributed by atoms with Crippen LogP contribution < -0.4 is 0 Å². The summed E-state index contributed by atoms with van der Waals surface area (Å²) in [7, 11) is -3.26. The van der Waals surface area contributed by atoms with E-state index in [9.17, 15) is 13.2 Å². The third kappa shape index (κ3) is 5.91. The van der Waals surface area contributed by atoms with Crippen LogP contribution in [0.2, 0.25) is 0 Å². The Morgan fingerprint density at radius 3 is 2.33 bits per heavy atom. The molecular formula is C7H12O4S. The predicted octanol–water partition coefficient (Wildman–Crippen LogP) is 0.452. The van der Waals surface area contributed by atoms with Crippen molar-refractivity contribution >= 4 is 15.8 Å². The maximum absolute atomic E-state index is 11.0. The second-order valence-corrected chi connectivity index (χ2v) is 4.88. The molecule has 0 amide bonds. The molecule has 0 saturated carbocycles. The van der Waals surface area contributed by atoms with Gasteiger partial charge in [0.25, 0.3) is 0 Å². The van der Waals surface area contributed by atoms with E-state index in [2.05, 4.69) is 6.58 Å². The first kappa shape index (κ1) is 11.2. The van der Waals surface area contributed by atoms with Crippen molar-refractivity contribution in [3.05, 3.63) is 12.2 Å². The van der Waals surface area contributed by atoms with Crippen LogP contribution in [0.3, 0.4) is 0 Å². The number of carboxylic acids is 1. The Balaban J connectivity index is 4.06. The molecule has 0 aromatic carbocycles. The number of sulfone groups is 1. The molecule has 0 aliphatic rings. The van der Waals surface area contributed by atoms with Crippen molar-refractivity contribution in [2.24, 2.45) is 0 Å². The van der Waals surface area contributed by atoms with Crippen molar-refractivity contribution in [1.29, 1.82) is 0 Å². The van der Waals surface area contributed by atoms with Gasteiger partial charge < -0.3 is 5.11 Å². The summed E-state index contributed by atoms with van der Waals surface area (Å²) in [6, 6.07) is 0. The van der Waals surface area contributed by atoms with Crippen molar-refractivity contribution in [2.75, 3.05) is 11.5 Å². The second kappa shape index (κ2) is 4.25. The monoisotopic (exact) mass is 192 g/mol. The molecule has 0 rings (SSSR count). The molecule has 4 nitrogen and oxygen atoms in total. The van der Waals surface area contributed by atoms with Gasteiger partial charge in [0.15, 0.2) is 9.84 Å². The second-order valence-electron chi connectivity index (χ2n) is 2.69. The fourth-order valence-electron chi connectivity index (χ4n) is 0.690. The smallest absolute Gasteiger partial charge is 0.304 e. The molecule has 0 heterocycles. The molecule has 0 aromatic rings. The largest absolute Gasteiger partial charge is 0.481 e. The van der Waals surface area contributed by atoms with Gasteiger partial charge in [0.1, 0.15) is 0 Å². The van der Waals surface area contributed by atoms with E-state index in [0.717, 1.165) is 0 Å². The van der Waals surface area contributed by atoms with Gasteiger partial charge in [-0.1, -0.05) is 12.2 Å². The normalized spacial score (nSPS) is 11.1. The number of hydrogen-bond acceptors (Lipinski definition) is 3. The molecule has 0 aliphatic carbocycles. The molecule has 0 radical (unpaired) electrons. The van der Waals surface area contributed by atoms with Crippen LogP contribution in [-0.4, -0.2) is 31.0 Å². The van der Waals surface area contributed by atoms with Gasteiger partial charge >= 0.3 is 5.97 Å². The molecule has 0 unspecified atom stereocenters. The van der Waals surface area contributed by atoms with Crippen molar-refractivity contribution in [3.8, 4) is 0 Å². The van der Waals surface area contributed by atoms with E-state index in [4.69, 9.17) is 5.11 Å². The topological polar surface area (TPSA) is 71.4 Å². The number of hydrogen-bond donors (Lipinski definition) is 1. The van der Waals surface area contributed by atoms with Crippen LogP contribution in [0.4, 0.5) is 0 Å². The quantitative estimate of drug-likeness (QED) is 0.642. The minimum atomic E-state index is -3.26. The number of aliphatic carboxylic acids is 1.